The van der Waals surface area contributed by atoms with E-state index in [9.17, 15) is 8.78 Å². The monoisotopic (exact) mass is 221 g/mol. The highest BCUT2D eigenvalue weighted by Gasteiger charge is 2.33. The molecule has 1 aliphatic rings. The maximum atomic E-state index is 11.7. The van der Waals surface area contributed by atoms with Gasteiger partial charge in [-0.05, 0) is 18.3 Å². The van der Waals surface area contributed by atoms with Crippen LogP contribution >= 0.6 is 0 Å². The van der Waals surface area contributed by atoms with Crippen molar-refractivity contribution in [1.29, 1.82) is 0 Å². The van der Waals surface area contributed by atoms with Crippen molar-refractivity contribution in [3.05, 3.63) is 0 Å². The van der Waals surface area contributed by atoms with Crippen molar-refractivity contribution in [2.45, 2.75) is 45.6 Å². The SMILES string of the molecule is CC1(C)CCCC1NCCOCC(F)F. The lowest BCUT2D eigenvalue weighted by atomic mass is 9.87. The molecule has 0 bridgehead atoms. The van der Waals surface area contributed by atoms with Gasteiger partial charge in [0.15, 0.2) is 0 Å². The van der Waals surface area contributed by atoms with Gasteiger partial charge in [0.1, 0.15) is 6.61 Å². The molecule has 4 heteroatoms. The minimum Gasteiger partial charge on any atom is -0.374 e. The fourth-order valence-electron chi connectivity index (χ4n) is 2.18. The lowest BCUT2D eigenvalue weighted by Gasteiger charge is -2.27. The van der Waals surface area contributed by atoms with Crippen LogP contribution in [0.3, 0.4) is 0 Å². The summed E-state index contributed by atoms with van der Waals surface area (Å²) in [5.74, 6) is 0. The highest BCUT2D eigenvalue weighted by atomic mass is 19.3. The van der Waals surface area contributed by atoms with Crippen molar-refractivity contribution in [1.82, 2.24) is 5.32 Å². The van der Waals surface area contributed by atoms with Gasteiger partial charge in [-0.2, -0.15) is 0 Å². The standard InChI is InChI=1S/C11H21F2NO/c1-11(2)5-3-4-9(11)14-6-7-15-8-10(12)13/h9-10,14H,3-8H2,1-2H3. The van der Waals surface area contributed by atoms with Crippen LogP contribution in [0.25, 0.3) is 0 Å². The molecule has 0 aromatic carbocycles. The Morgan fingerprint density at radius 2 is 2.20 bits per heavy atom. The van der Waals surface area contributed by atoms with Crippen LogP contribution in [-0.2, 0) is 4.74 Å². The van der Waals surface area contributed by atoms with Gasteiger partial charge in [0.2, 0.25) is 0 Å². The summed E-state index contributed by atoms with van der Waals surface area (Å²) in [5.41, 5.74) is 0.336. The lowest BCUT2D eigenvalue weighted by molar-refractivity contribution is 0.0175. The minimum absolute atomic E-state index is 0.336. The maximum absolute atomic E-state index is 11.7. The van der Waals surface area contributed by atoms with Crippen LogP contribution < -0.4 is 5.32 Å². The molecule has 1 aliphatic carbocycles. The molecule has 0 heterocycles. The molecular weight excluding hydrogens is 200 g/mol. The Morgan fingerprint density at radius 3 is 2.73 bits per heavy atom. The third-order valence-electron chi connectivity index (χ3n) is 3.14. The highest BCUT2D eigenvalue weighted by molar-refractivity contribution is 4.89. The summed E-state index contributed by atoms with van der Waals surface area (Å²) in [4.78, 5) is 0. The Kier molecular flexibility index (Phi) is 4.93. The van der Waals surface area contributed by atoms with Crippen molar-refractivity contribution in [2.24, 2.45) is 5.41 Å². The molecule has 1 unspecified atom stereocenters. The quantitative estimate of drug-likeness (QED) is 0.696. The molecule has 1 N–H and O–H groups in total. The second-order valence-corrected chi connectivity index (χ2v) is 4.85. The first-order valence-corrected chi connectivity index (χ1v) is 5.61. The van der Waals surface area contributed by atoms with Crippen molar-refractivity contribution in [2.75, 3.05) is 19.8 Å². The van der Waals surface area contributed by atoms with Gasteiger partial charge in [-0.15, -0.1) is 0 Å². The van der Waals surface area contributed by atoms with Crippen molar-refractivity contribution >= 4 is 0 Å². The average Bonchev–Trinajstić information content (AvgIpc) is 2.44. The maximum Gasteiger partial charge on any atom is 0.261 e. The molecule has 0 saturated heterocycles. The molecule has 15 heavy (non-hydrogen) atoms. The second kappa shape index (κ2) is 5.75. The molecule has 0 amide bonds. The first-order chi connectivity index (χ1) is 7.02. The van der Waals surface area contributed by atoms with Gasteiger partial charge in [0.05, 0.1) is 6.61 Å². The summed E-state index contributed by atoms with van der Waals surface area (Å²) >= 11 is 0. The summed E-state index contributed by atoms with van der Waals surface area (Å²) in [6, 6.07) is 0.507. The molecule has 0 aromatic heterocycles. The summed E-state index contributed by atoms with van der Waals surface area (Å²) in [6.45, 7) is 5.09. The largest absolute Gasteiger partial charge is 0.374 e. The van der Waals surface area contributed by atoms with Crippen molar-refractivity contribution < 1.29 is 13.5 Å². The normalized spacial score (nSPS) is 25.0. The zero-order chi connectivity index (χ0) is 11.3. The van der Waals surface area contributed by atoms with Crippen molar-refractivity contribution in [3.63, 3.8) is 0 Å². The van der Waals surface area contributed by atoms with E-state index in [1.807, 2.05) is 0 Å². The fraction of sp³-hybridized carbons (Fsp3) is 1.00. The number of ether oxygens (including phenoxy) is 1. The van der Waals surface area contributed by atoms with Gasteiger partial charge >= 0.3 is 0 Å². The predicted octanol–water partition coefficient (Wildman–Crippen LogP) is 2.44. The molecular formula is C11H21F2NO. The smallest absolute Gasteiger partial charge is 0.261 e. The van der Waals surface area contributed by atoms with Gasteiger partial charge in [-0.3, -0.25) is 0 Å². The summed E-state index contributed by atoms with van der Waals surface area (Å²) in [7, 11) is 0. The zero-order valence-electron chi connectivity index (χ0n) is 9.56. The molecule has 0 spiro atoms. The number of halogens is 2. The molecule has 0 radical (unpaired) electrons. The molecule has 2 nitrogen and oxygen atoms in total. The van der Waals surface area contributed by atoms with Crippen LogP contribution in [0.5, 0.6) is 0 Å². The van der Waals surface area contributed by atoms with Gasteiger partial charge in [-0.25, -0.2) is 8.78 Å². The van der Waals surface area contributed by atoms with Gasteiger partial charge in [0.25, 0.3) is 6.43 Å². The van der Waals surface area contributed by atoms with Crippen LogP contribution in [0.15, 0.2) is 0 Å². The van der Waals surface area contributed by atoms with E-state index in [0.717, 1.165) is 0 Å². The average molecular weight is 221 g/mol. The van der Waals surface area contributed by atoms with Crippen molar-refractivity contribution in [3.8, 4) is 0 Å². The second-order valence-electron chi connectivity index (χ2n) is 4.85. The first kappa shape index (κ1) is 12.8. The Balaban J connectivity index is 2.05. The van der Waals surface area contributed by atoms with Crippen LogP contribution in [-0.4, -0.2) is 32.2 Å². The summed E-state index contributed by atoms with van der Waals surface area (Å²) in [6.07, 6.45) is 1.32. The Hall–Kier alpha value is -0.220. The van der Waals surface area contributed by atoms with E-state index in [2.05, 4.69) is 19.2 Å². The number of hydrogen-bond donors (Lipinski definition) is 1. The topological polar surface area (TPSA) is 21.3 Å². The molecule has 1 rings (SSSR count). The Bertz CT molecular complexity index is 185. The molecule has 1 atom stereocenters. The van der Waals surface area contributed by atoms with E-state index in [-0.39, 0.29) is 0 Å². The summed E-state index contributed by atoms with van der Waals surface area (Å²) < 4.78 is 28.3. The zero-order valence-corrected chi connectivity index (χ0v) is 9.56. The minimum atomic E-state index is -2.35. The van der Waals surface area contributed by atoms with Crippen LogP contribution in [0.2, 0.25) is 0 Å². The van der Waals surface area contributed by atoms with Crippen LogP contribution in [0.1, 0.15) is 33.1 Å². The van der Waals surface area contributed by atoms with E-state index < -0.39 is 13.0 Å². The summed E-state index contributed by atoms with van der Waals surface area (Å²) in [5, 5.41) is 3.38. The van der Waals surface area contributed by atoms with E-state index in [0.29, 0.717) is 24.6 Å². The third kappa shape index (κ3) is 4.43. The van der Waals surface area contributed by atoms with E-state index in [1.165, 1.54) is 19.3 Å². The van der Waals surface area contributed by atoms with Gasteiger partial charge < -0.3 is 10.1 Å². The Labute approximate surface area is 90.4 Å². The van der Waals surface area contributed by atoms with Crippen LogP contribution in [0.4, 0.5) is 8.78 Å². The first-order valence-electron chi connectivity index (χ1n) is 5.61. The van der Waals surface area contributed by atoms with Crippen LogP contribution in [0, 0.1) is 5.41 Å². The number of hydrogen-bond acceptors (Lipinski definition) is 2. The third-order valence-corrected chi connectivity index (χ3v) is 3.14. The molecule has 90 valence electrons. The molecule has 0 aromatic rings. The number of rotatable bonds is 6. The highest BCUT2D eigenvalue weighted by Crippen LogP contribution is 2.36. The fourth-order valence-corrected chi connectivity index (χ4v) is 2.18. The predicted molar refractivity (Wildman–Crippen MR) is 56.2 cm³/mol. The Morgan fingerprint density at radius 1 is 1.47 bits per heavy atom. The van der Waals surface area contributed by atoms with Gasteiger partial charge in [0, 0.05) is 12.6 Å². The number of nitrogens with one attached hydrogen (secondary N) is 1. The number of alkyl halides is 2. The van der Waals surface area contributed by atoms with E-state index in [1.54, 1.807) is 0 Å². The van der Waals surface area contributed by atoms with E-state index >= 15 is 0 Å². The van der Waals surface area contributed by atoms with E-state index in [4.69, 9.17) is 4.74 Å². The molecule has 0 aliphatic heterocycles. The van der Waals surface area contributed by atoms with Gasteiger partial charge in [-0.1, -0.05) is 20.3 Å². The molecule has 1 fully saturated rings. The molecule has 1 saturated carbocycles. The lowest BCUT2D eigenvalue weighted by Crippen LogP contribution is -2.39.